The minimum Gasteiger partial charge on any atom is -0.481 e. The van der Waals surface area contributed by atoms with Crippen molar-refractivity contribution in [3.63, 3.8) is 0 Å². The van der Waals surface area contributed by atoms with Gasteiger partial charge < -0.3 is 25.3 Å². The van der Waals surface area contributed by atoms with Crippen molar-refractivity contribution in [3.8, 4) is 39.7 Å². The molecule has 0 aliphatic carbocycles. The topological polar surface area (TPSA) is 106 Å². The lowest BCUT2D eigenvalue weighted by Gasteiger charge is -2.18. The summed E-state index contributed by atoms with van der Waals surface area (Å²) in [5.74, 6) is 2.28. The molecule has 0 spiro atoms. The van der Waals surface area contributed by atoms with Crippen LogP contribution in [0.4, 0.5) is 0 Å². The molecule has 0 radical (unpaired) electrons. The maximum Gasteiger partial charge on any atom is 0.220 e. The second-order valence-corrected chi connectivity index (χ2v) is 10.7. The normalized spacial score (nSPS) is 16.6. The summed E-state index contributed by atoms with van der Waals surface area (Å²) < 4.78 is 7.73. The summed E-state index contributed by atoms with van der Waals surface area (Å²) in [5.41, 5.74) is 4.82. The van der Waals surface area contributed by atoms with E-state index >= 15 is 0 Å². The van der Waals surface area contributed by atoms with Crippen LogP contribution in [0.3, 0.4) is 0 Å². The Hall–Kier alpha value is -3.50. The third kappa shape index (κ3) is 5.17. The van der Waals surface area contributed by atoms with Gasteiger partial charge in [-0.25, -0.2) is 4.98 Å². The van der Waals surface area contributed by atoms with Crippen molar-refractivity contribution in [2.24, 2.45) is 0 Å². The number of fused-ring (bicyclic) bond motifs is 1. The summed E-state index contributed by atoms with van der Waals surface area (Å²) in [7, 11) is 1.61. The Bertz CT molecular complexity index is 1570. The molecule has 40 heavy (non-hydrogen) atoms. The Balaban J connectivity index is 1.28. The van der Waals surface area contributed by atoms with Crippen LogP contribution in [0.2, 0.25) is 10.0 Å². The Morgan fingerprint density at radius 3 is 2.52 bits per heavy atom. The summed E-state index contributed by atoms with van der Waals surface area (Å²) in [4.78, 5) is 16.2. The lowest BCUT2D eigenvalue weighted by atomic mass is 9.99. The Morgan fingerprint density at radius 1 is 1.02 bits per heavy atom. The molecule has 2 aliphatic heterocycles. The molecule has 2 aromatic heterocycles. The zero-order valence-electron chi connectivity index (χ0n) is 22.0. The molecular formula is C29H29Cl2N7O2. The van der Waals surface area contributed by atoms with Gasteiger partial charge in [-0.05, 0) is 18.6 Å². The van der Waals surface area contributed by atoms with E-state index in [2.05, 4.69) is 30.7 Å². The Morgan fingerprint density at radius 2 is 1.77 bits per heavy atom. The number of ether oxygens (including phenoxy) is 1. The molecule has 11 heteroatoms. The standard InChI is InChI=1S/C29H29Cl2N7O2/c1-40-29-17(14-33-15-18-9-11-25(39)34-18)8-10-23(35-29)21-6-2-4-19(26(21)30)20-5-3-7-22(27(20)31)28-37-36-24-16-32-12-13-38(24)28/h2-8,10,18,32-33H,9,11-16H2,1H3,(H,34,39). The lowest BCUT2D eigenvalue weighted by molar-refractivity contribution is -0.119. The number of benzene rings is 2. The van der Waals surface area contributed by atoms with Gasteiger partial charge in [-0.15, -0.1) is 10.2 Å². The molecule has 4 aromatic rings. The highest BCUT2D eigenvalue weighted by molar-refractivity contribution is 6.39. The maximum absolute atomic E-state index is 11.4. The fourth-order valence-electron chi connectivity index (χ4n) is 5.28. The van der Waals surface area contributed by atoms with E-state index in [1.54, 1.807) is 7.11 Å². The van der Waals surface area contributed by atoms with Crippen molar-refractivity contribution in [2.45, 2.75) is 38.5 Å². The van der Waals surface area contributed by atoms with E-state index in [0.29, 0.717) is 47.7 Å². The van der Waals surface area contributed by atoms with E-state index in [0.717, 1.165) is 59.0 Å². The number of methoxy groups -OCH3 is 1. The zero-order chi connectivity index (χ0) is 27.6. The minimum atomic E-state index is 0.109. The first kappa shape index (κ1) is 26.7. The first-order chi connectivity index (χ1) is 19.5. The van der Waals surface area contributed by atoms with Gasteiger partial charge in [0.2, 0.25) is 11.8 Å². The fraction of sp³-hybridized carbons (Fsp3) is 0.310. The number of hydrogen-bond donors (Lipinski definition) is 3. The van der Waals surface area contributed by atoms with Gasteiger partial charge in [0.1, 0.15) is 5.82 Å². The van der Waals surface area contributed by atoms with Crippen molar-refractivity contribution < 1.29 is 9.53 Å². The van der Waals surface area contributed by atoms with E-state index in [4.69, 9.17) is 32.9 Å². The average Bonchev–Trinajstić information content (AvgIpc) is 3.59. The molecule has 1 fully saturated rings. The van der Waals surface area contributed by atoms with Gasteiger partial charge >= 0.3 is 0 Å². The second kappa shape index (κ2) is 11.5. The molecule has 1 unspecified atom stereocenters. The second-order valence-electron chi connectivity index (χ2n) is 9.90. The number of pyridine rings is 1. The number of halogens is 2. The zero-order valence-corrected chi connectivity index (χ0v) is 23.5. The van der Waals surface area contributed by atoms with E-state index in [1.807, 2.05) is 48.5 Å². The molecule has 1 amide bonds. The van der Waals surface area contributed by atoms with Gasteiger partial charge in [0.05, 0.1) is 29.4 Å². The highest BCUT2D eigenvalue weighted by Gasteiger charge is 2.22. The van der Waals surface area contributed by atoms with Crippen LogP contribution in [0.1, 0.15) is 24.2 Å². The molecule has 2 aromatic carbocycles. The Kier molecular flexibility index (Phi) is 7.71. The van der Waals surface area contributed by atoms with Crippen LogP contribution in [0, 0.1) is 0 Å². The molecule has 1 atom stereocenters. The van der Waals surface area contributed by atoms with E-state index in [9.17, 15) is 4.79 Å². The summed E-state index contributed by atoms with van der Waals surface area (Å²) in [6, 6.07) is 15.8. The van der Waals surface area contributed by atoms with Crippen LogP contribution < -0.4 is 20.7 Å². The van der Waals surface area contributed by atoms with Gasteiger partial charge in [-0.1, -0.05) is 59.6 Å². The van der Waals surface area contributed by atoms with Gasteiger partial charge in [0.15, 0.2) is 5.82 Å². The highest BCUT2D eigenvalue weighted by atomic mass is 35.5. The number of aromatic nitrogens is 4. The number of carbonyl (C=O) groups excluding carboxylic acids is 1. The summed E-state index contributed by atoms with van der Waals surface area (Å²) in [5, 5.41) is 19.6. The minimum absolute atomic E-state index is 0.109. The van der Waals surface area contributed by atoms with Crippen molar-refractivity contribution in [1.82, 2.24) is 35.7 Å². The molecule has 1 saturated heterocycles. The molecule has 4 heterocycles. The number of carbonyl (C=O) groups is 1. The first-order valence-corrected chi connectivity index (χ1v) is 14.0. The number of amides is 1. The van der Waals surface area contributed by atoms with Crippen molar-refractivity contribution in [2.75, 3.05) is 20.2 Å². The predicted molar refractivity (Wildman–Crippen MR) is 155 cm³/mol. The molecule has 6 rings (SSSR count). The average molecular weight is 579 g/mol. The number of nitrogens with zero attached hydrogens (tertiary/aromatic N) is 4. The highest BCUT2D eigenvalue weighted by Crippen LogP contribution is 2.42. The summed E-state index contributed by atoms with van der Waals surface area (Å²) in [6.45, 7) is 3.58. The van der Waals surface area contributed by atoms with Crippen LogP contribution in [0.5, 0.6) is 5.88 Å². The molecule has 0 bridgehead atoms. The Labute approximate surface area is 242 Å². The maximum atomic E-state index is 11.4. The van der Waals surface area contributed by atoms with Crippen LogP contribution in [0.25, 0.3) is 33.8 Å². The largest absolute Gasteiger partial charge is 0.481 e. The monoisotopic (exact) mass is 577 g/mol. The van der Waals surface area contributed by atoms with E-state index in [-0.39, 0.29) is 11.9 Å². The van der Waals surface area contributed by atoms with E-state index < -0.39 is 0 Å². The summed E-state index contributed by atoms with van der Waals surface area (Å²) >= 11 is 14.0. The molecule has 3 N–H and O–H groups in total. The van der Waals surface area contributed by atoms with Gasteiger partial charge in [0.25, 0.3) is 0 Å². The third-order valence-electron chi connectivity index (χ3n) is 7.35. The fourth-order valence-corrected chi connectivity index (χ4v) is 5.92. The van der Waals surface area contributed by atoms with Crippen molar-refractivity contribution in [1.29, 1.82) is 0 Å². The number of nitrogens with one attached hydrogen (secondary N) is 3. The molecule has 9 nitrogen and oxygen atoms in total. The van der Waals surface area contributed by atoms with Crippen LogP contribution in [-0.2, 0) is 24.4 Å². The lowest BCUT2D eigenvalue weighted by Crippen LogP contribution is -2.35. The molecule has 2 aliphatic rings. The molecular weight excluding hydrogens is 549 g/mol. The van der Waals surface area contributed by atoms with Gasteiger partial charge in [-0.3, -0.25) is 4.79 Å². The van der Waals surface area contributed by atoms with Crippen LogP contribution in [-0.4, -0.2) is 51.9 Å². The SMILES string of the molecule is COc1nc(-c2cccc(-c3cccc(-c4nnc5n4CCNC5)c3Cl)c2Cl)ccc1CNCC1CCC(=O)N1. The van der Waals surface area contributed by atoms with Gasteiger partial charge in [-0.2, -0.15) is 0 Å². The number of hydrogen-bond acceptors (Lipinski definition) is 7. The summed E-state index contributed by atoms with van der Waals surface area (Å²) in [6.07, 6.45) is 1.43. The first-order valence-electron chi connectivity index (χ1n) is 13.3. The van der Waals surface area contributed by atoms with Crippen molar-refractivity contribution >= 4 is 29.1 Å². The van der Waals surface area contributed by atoms with Crippen LogP contribution >= 0.6 is 23.2 Å². The molecule has 0 saturated carbocycles. The third-order valence-corrected chi connectivity index (χ3v) is 8.17. The molecule has 206 valence electrons. The quantitative estimate of drug-likeness (QED) is 0.284. The van der Waals surface area contributed by atoms with Gasteiger partial charge in [0, 0.05) is 66.5 Å². The van der Waals surface area contributed by atoms with E-state index in [1.165, 1.54) is 0 Å². The van der Waals surface area contributed by atoms with Crippen LogP contribution in [0.15, 0.2) is 48.5 Å². The van der Waals surface area contributed by atoms with Crippen molar-refractivity contribution in [3.05, 3.63) is 70.0 Å². The number of rotatable bonds is 8. The predicted octanol–water partition coefficient (Wildman–Crippen LogP) is 4.46. The smallest absolute Gasteiger partial charge is 0.220 e.